The SMILES string of the molecule is CC(C)(C)SS.CC(C)(SS)C(N)C(=O)O.CC(C)(SSCCO)C(N)C(=O)O.O=COCc1ccc(O)cc1.O=COCc1ccc(S)cc1.[CH3-].[CH3-].[Y].[Y]. The molecule has 0 amide bonds. The van der Waals surface area contributed by atoms with Crippen molar-refractivity contribution in [3.8, 4) is 5.75 Å². The molecule has 0 saturated carbocycles. The van der Waals surface area contributed by atoms with Gasteiger partial charge in [-0.2, -0.15) is 0 Å². The van der Waals surface area contributed by atoms with Gasteiger partial charge in [0, 0.05) is 90.3 Å². The summed E-state index contributed by atoms with van der Waals surface area (Å²) in [7, 11) is 5.55. The number of carboxylic acids is 2. The number of thiol groups is 3. The number of phenolic OH excluding ortho intramolecular Hbond substituents is 1. The minimum Gasteiger partial charge on any atom is -0.508 e. The second-order valence-electron chi connectivity index (χ2n) is 11.9. The molecular formula is C34H58N2O10S7Y2-2. The molecule has 12 nitrogen and oxygen atoms in total. The molecule has 0 aliphatic rings. The summed E-state index contributed by atoms with van der Waals surface area (Å²) in [6.45, 7) is 14.9. The van der Waals surface area contributed by atoms with Crippen molar-refractivity contribution in [1.29, 1.82) is 0 Å². The van der Waals surface area contributed by atoms with Crippen molar-refractivity contribution in [3.05, 3.63) is 74.5 Å². The number of carbonyl (C=O) groups is 4. The number of hydrogen-bond acceptors (Lipinski definition) is 17. The van der Waals surface area contributed by atoms with Crippen LogP contribution in [0.2, 0.25) is 0 Å². The summed E-state index contributed by atoms with van der Waals surface area (Å²) in [6, 6.07) is 12.2. The maximum Gasteiger partial charge on any atom is 0.321 e. The van der Waals surface area contributed by atoms with Gasteiger partial charge in [-0.3, -0.25) is 19.2 Å². The molecule has 8 N–H and O–H groups in total. The number of phenols is 1. The summed E-state index contributed by atoms with van der Waals surface area (Å²) in [5, 5.41) is 34.6. The van der Waals surface area contributed by atoms with Crippen LogP contribution in [0.3, 0.4) is 0 Å². The molecule has 0 aromatic heterocycles. The molecule has 2 atom stereocenters. The third kappa shape index (κ3) is 41.2. The molecule has 0 aliphatic heterocycles. The van der Waals surface area contributed by atoms with Gasteiger partial charge in [-0.25, -0.2) is 0 Å². The molecule has 2 aromatic carbocycles. The van der Waals surface area contributed by atoms with Gasteiger partial charge < -0.3 is 56.2 Å². The Balaban J connectivity index is -0.000000104. The fraction of sp³-hybridized carbons (Fsp3) is 0.471. The van der Waals surface area contributed by atoms with Crippen LogP contribution in [-0.2, 0) is 107 Å². The smallest absolute Gasteiger partial charge is 0.321 e. The van der Waals surface area contributed by atoms with Crippen LogP contribution in [0.1, 0.15) is 59.6 Å². The molecule has 21 heteroatoms. The summed E-state index contributed by atoms with van der Waals surface area (Å²) >= 11 is 12.0. The van der Waals surface area contributed by atoms with Crippen LogP contribution >= 0.6 is 79.1 Å². The Morgan fingerprint density at radius 1 is 0.745 bits per heavy atom. The van der Waals surface area contributed by atoms with E-state index in [2.05, 4.69) is 66.2 Å². The maximum atomic E-state index is 10.6. The molecule has 2 rings (SSSR count). The van der Waals surface area contributed by atoms with Gasteiger partial charge in [0.05, 0.1) is 6.61 Å². The Kier molecular flexibility index (Phi) is 51.2. The van der Waals surface area contributed by atoms with Gasteiger partial charge in [0.2, 0.25) is 0 Å². The Hall–Kier alpha value is 0.658. The molecule has 2 aromatic rings. The van der Waals surface area contributed by atoms with E-state index < -0.39 is 33.5 Å². The predicted molar refractivity (Wildman–Crippen MR) is 236 cm³/mol. The molecule has 2 unspecified atom stereocenters. The molecule has 314 valence electrons. The Morgan fingerprint density at radius 3 is 1.36 bits per heavy atom. The summed E-state index contributed by atoms with van der Waals surface area (Å²) < 4.78 is 8.33. The van der Waals surface area contributed by atoms with Crippen molar-refractivity contribution in [1.82, 2.24) is 0 Å². The number of aromatic hydroxyl groups is 1. The number of rotatable bonds is 15. The number of carboxylic acid groups (broad SMARTS) is 2. The van der Waals surface area contributed by atoms with Crippen LogP contribution in [0.4, 0.5) is 0 Å². The second-order valence-corrected chi connectivity index (χ2v) is 19.2. The van der Waals surface area contributed by atoms with Crippen LogP contribution < -0.4 is 11.5 Å². The average molecular weight is 1060 g/mol. The van der Waals surface area contributed by atoms with E-state index in [4.69, 9.17) is 31.9 Å². The monoisotopic (exact) mass is 1060 g/mol. The van der Waals surface area contributed by atoms with Gasteiger partial charge >= 0.3 is 11.9 Å². The summed E-state index contributed by atoms with van der Waals surface area (Å²) in [5.74, 6) is -1.20. The molecule has 0 heterocycles. The number of benzene rings is 2. The Morgan fingerprint density at radius 2 is 1.09 bits per heavy atom. The van der Waals surface area contributed by atoms with Gasteiger partial charge in [0.15, 0.2) is 0 Å². The fourth-order valence-corrected chi connectivity index (χ4v) is 5.45. The minimum atomic E-state index is -0.998. The predicted octanol–water partition coefficient (Wildman–Crippen LogP) is 7.28. The van der Waals surface area contributed by atoms with E-state index >= 15 is 0 Å². The first-order valence-corrected chi connectivity index (χ1v) is 21.2. The summed E-state index contributed by atoms with van der Waals surface area (Å²) in [6.07, 6.45) is 0. The van der Waals surface area contributed by atoms with Crippen LogP contribution in [0.15, 0.2) is 53.4 Å². The number of ether oxygens (including phenoxy) is 2. The largest absolute Gasteiger partial charge is 0.508 e. The van der Waals surface area contributed by atoms with Crippen molar-refractivity contribution in [2.75, 3.05) is 12.4 Å². The molecule has 0 fully saturated rings. The van der Waals surface area contributed by atoms with Crippen molar-refractivity contribution >= 4 is 104 Å². The zero-order valence-electron chi connectivity index (χ0n) is 32.8. The Bertz CT molecular complexity index is 1190. The van der Waals surface area contributed by atoms with E-state index in [0.717, 1.165) is 26.8 Å². The van der Waals surface area contributed by atoms with Crippen LogP contribution in [0.5, 0.6) is 5.75 Å². The van der Waals surface area contributed by atoms with Gasteiger partial charge in [0.25, 0.3) is 12.9 Å². The van der Waals surface area contributed by atoms with E-state index in [0.29, 0.717) is 30.1 Å². The van der Waals surface area contributed by atoms with Crippen molar-refractivity contribution in [2.24, 2.45) is 11.5 Å². The van der Waals surface area contributed by atoms with Gasteiger partial charge in [-0.15, -0.1) is 36.0 Å². The molecule has 0 saturated heterocycles. The van der Waals surface area contributed by atoms with Crippen molar-refractivity contribution < 1.29 is 114 Å². The van der Waals surface area contributed by atoms with Crippen LogP contribution in [0.25, 0.3) is 0 Å². The number of hydrogen-bond donors (Lipinski definition) is 9. The zero-order chi connectivity index (χ0) is 40.3. The van der Waals surface area contributed by atoms with Crippen LogP contribution in [0, 0.1) is 14.9 Å². The van der Waals surface area contributed by atoms with E-state index in [-0.39, 0.29) is 99.2 Å². The fourth-order valence-electron chi connectivity index (χ4n) is 2.38. The average Bonchev–Trinajstić information content (AvgIpc) is 3.07. The van der Waals surface area contributed by atoms with E-state index in [9.17, 15) is 19.2 Å². The van der Waals surface area contributed by atoms with Crippen LogP contribution in [-0.4, -0.2) is 84.0 Å². The van der Waals surface area contributed by atoms with E-state index in [1.54, 1.807) is 62.8 Å². The molecule has 0 bridgehead atoms. The second kappa shape index (κ2) is 40.1. The third-order valence-corrected chi connectivity index (χ3v) is 13.4. The van der Waals surface area contributed by atoms with Gasteiger partial charge in [-0.05, 0) is 63.1 Å². The number of carbonyl (C=O) groups excluding carboxylic acids is 2. The Labute approximate surface area is 410 Å². The van der Waals surface area contributed by atoms with E-state index in [1.807, 2.05) is 24.3 Å². The third-order valence-electron chi connectivity index (χ3n) is 5.50. The molecule has 2 radical (unpaired) electrons. The zero-order valence-corrected chi connectivity index (χ0v) is 44.4. The summed E-state index contributed by atoms with van der Waals surface area (Å²) in [4.78, 5) is 41.4. The minimum absolute atomic E-state index is 0. The van der Waals surface area contributed by atoms with E-state index in [1.165, 1.54) is 21.6 Å². The molecule has 0 spiro atoms. The first-order valence-electron chi connectivity index (χ1n) is 14.7. The first-order chi connectivity index (χ1) is 23.5. The van der Waals surface area contributed by atoms with Crippen molar-refractivity contribution in [2.45, 2.75) is 92.9 Å². The first kappa shape index (κ1) is 70.2. The topological polar surface area (TPSA) is 220 Å². The molecule has 55 heavy (non-hydrogen) atoms. The molecular weight excluding hydrogens is 999 g/mol. The number of aliphatic carboxylic acids is 2. The molecule has 0 aliphatic carbocycles. The maximum absolute atomic E-state index is 10.6. The van der Waals surface area contributed by atoms with Gasteiger partial charge in [0.1, 0.15) is 31.0 Å². The standard InChI is InChI=1S/C8H8O3.C8H8O2S.C7H15NO3S2.C5H11NO2S2.C4H10S2.2CH3.2Y/c9-6-11-5-7-1-3-8(10)4-2-7;9-6-10-5-7-1-3-8(11)4-2-7;1-7(2,5(8)6(10)11)13-12-4-3-9;1-5(2,10-9)3(6)4(7)8;1-4(2,3)6-5;;;;/h1-4,6,10H,5H2;1-4,6,11H,5H2;5,9H,3-4,8H2,1-2H3,(H,10,11);3,9H,6H2,1-2H3,(H,7,8);5H,1-3H3;2*1H3;;/q;;;;;2*-1;;. The quantitative estimate of drug-likeness (QED) is 0.0281. The van der Waals surface area contributed by atoms with Gasteiger partial charge in [-0.1, -0.05) is 88.2 Å². The van der Waals surface area contributed by atoms with Crippen molar-refractivity contribution in [3.63, 3.8) is 0 Å². The summed E-state index contributed by atoms with van der Waals surface area (Å²) in [5.41, 5.74) is 12.6. The number of aliphatic hydroxyl groups excluding tert-OH is 1. The normalized spacial score (nSPS) is 11.0. The number of aliphatic hydroxyl groups is 1. The number of nitrogens with two attached hydrogens (primary N) is 2.